The number of hydrogen-bond donors (Lipinski definition) is 1. The van der Waals surface area contributed by atoms with Crippen LogP contribution in [-0.4, -0.2) is 5.84 Å². The predicted molar refractivity (Wildman–Crippen MR) is 77.5 cm³/mol. The van der Waals surface area contributed by atoms with Crippen molar-refractivity contribution in [3.63, 3.8) is 0 Å². The lowest BCUT2D eigenvalue weighted by atomic mass is 10.1. The summed E-state index contributed by atoms with van der Waals surface area (Å²) in [6, 6.07) is 14.2. The minimum Gasteiger partial charge on any atom is -0.383 e. The smallest absolute Gasteiger partial charge is 0.131 e. The van der Waals surface area contributed by atoms with E-state index < -0.39 is 0 Å². The molecule has 0 aliphatic heterocycles. The number of nitrogens with two attached hydrogens (primary N) is 1. The summed E-state index contributed by atoms with van der Waals surface area (Å²) >= 11 is 0. The molecule has 0 spiro atoms. The number of rotatable bonds is 2. The van der Waals surface area contributed by atoms with E-state index in [-0.39, 0.29) is 0 Å². The molecule has 0 bridgehead atoms. The van der Waals surface area contributed by atoms with Gasteiger partial charge in [-0.1, -0.05) is 42.0 Å². The van der Waals surface area contributed by atoms with Gasteiger partial charge in [0.1, 0.15) is 5.84 Å². The molecule has 0 aliphatic rings. The zero-order valence-corrected chi connectivity index (χ0v) is 11.1. The van der Waals surface area contributed by atoms with Crippen molar-refractivity contribution in [1.82, 2.24) is 0 Å². The van der Waals surface area contributed by atoms with Crippen LogP contribution >= 0.6 is 0 Å². The molecular weight excluding hydrogens is 220 g/mol. The zero-order valence-electron chi connectivity index (χ0n) is 11.1. The SMILES string of the molecule is Cc1ccc(C(N)=Nc2cccc(C)c2C)cc1. The normalized spacial score (nSPS) is 11.6. The van der Waals surface area contributed by atoms with Crippen LogP contribution in [0.15, 0.2) is 47.5 Å². The monoisotopic (exact) mass is 238 g/mol. The lowest BCUT2D eigenvalue weighted by molar-refractivity contribution is 1.30. The van der Waals surface area contributed by atoms with Crippen molar-refractivity contribution < 1.29 is 0 Å². The average Bonchev–Trinajstić information content (AvgIpc) is 2.36. The number of hydrogen-bond acceptors (Lipinski definition) is 1. The molecule has 18 heavy (non-hydrogen) atoms. The van der Waals surface area contributed by atoms with Crippen LogP contribution in [0.1, 0.15) is 22.3 Å². The Kier molecular flexibility index (Phi) is 3.47. The first-order valence-corrected chi connectivity index (χ1v) is 6.05. The van der Waals surface area contributed by atoms with Crippen molar-refractivity contribution in [3.8, 4) is 0 Å². The van der Waals surface area contributed by atoms with Gasteiger partial charge in [0, 0.05) is 5.56 Å². The first-order valence-electron chi connectivity index (χ1n) is 6.05. The Bertz CT molecular complexity index is 581. The first-order chi connectivity index (χ1) is 8.58. The van der Waals surface area contributed by atoms with Gasteiger partial charge in [0.25, 0.3) is 0 Å². The molecule has 2 aromatic carbocycles. The fourth-order valence-electron chi connectivity index (χ4n) is 1.78. The highest BCUT2D eigenvalue weighted by Gasteiger charge is 2.02. The standard InChI is InChI=1S/C16H18N2/c1-11-7-9-14(10-8-11)16(17)18-15-6-4-5-12(2)13(15)3/h4-10H,1-3H3,(H2,17,18). The van der Waals surface area contributed by atoms with Gasteiger partial charge in [-0.05, 0) is 38.0 Å². The third-order valence-electron chi connectivity index (χ3n) is 3.16. The van der Waals surface area contributed by atoms with Gasteiger partial charge in [-0.3, -0.25) is 0 Å². The summed E-state index contributed by atoms with van der Waals surface area (Å²) < 4.78 is 0. The van der Waals surface area contributed by atoms with Crippen LogP contribution in [0.25, 0.3) is 0 Å². The highest BCUT2D eigenvalue weighted by Crippen LogP contribution is 2.21. The molecule has 0 aromatic heterocycles. The van der Waals surface area contributed by atoms with Gasteiger partial charge in [-0.25, -0.2) is 4.99 Å². The predicted octanol–water partition coefficient (Wildman–Crippen LogP) is 3.65. The third-order valence-corrected chi connectivity index (χ3v) is 3.16. The summed E-state index contributed by atoms with van der Waals surface area (Å²) in [6.45, 7) is 6.20. The maximum atomic E-state index is 6.05. The van der Waals surface area contributed by atoms with Crippen LogP contribution in [0.3, 0.4) is 0 Å². The molecule has 2 N–H and O–H groups in total. The van der Waals surface area contributed by atoms with Crippen molar-refractivity contribution in [2.45, 2.75) is 20.8 Å². The molecule has 0 aliphatic carbocycles. The maximum Gasteiger partial charge on any atom is 0.131 e. The lowest BCUT2D eigenvalue weighted by Gasteiger charge is -2.06. The second-order valence-corrected chi connectivity index (χ2v) is 4.58. The highest BCUT2D eigenvalue weighted by molar-refractivity contribution is 5.99. The van der Waals surface area contributed by atoms with Crippen LogP contribution in [0.4, 0.5) is 5.69 Å². The van der Waals surface area contributed by atoms with E-state index in [0.717, 1.165) is 11.3 Å². The molecule has 0 atom stereocenters. The molecule has 0 amide bonds. The summed E-state index contributed by atoms with van der Waals surface area (Å²) in [5.74, 6) is 0.559. The highest BCUT2D eigenvalue weighted by atomic mass is 14.9. The molecule has 0 saturated heterocycles. The van der Waals surface area contributed by atoms with Gasteiger partial charge in [0.2, 0.25) is 0 Å². The van der Waals surface area contributed by atoms with Crippen molar-refractivity contribution in [3.05, 3.63) is 64.7 Å². The second-order valence-electron chi connectivity index (χ2n) is 4.58. The number of aryl methyl sites for hydroxylation is 2. The fourth-order valence-corrected chi connectivity index (χ4v) is 1.78. The van der Waals surface area contributed by atoms with Crippen LogP contribution in [0.5, 0.6) is 0 Å². The zero-order chi connectivity index (χ0) is 13.1. The van der Waals surface area contributed by atoms with Crippen molar-refractivity contribution in [2.24, 2.45) is 10.7 Å². The quantitative estimate of drug-likeness (QED) is 0.629. The Morgan fingerprint density at radius 2 is 1.61 bits per heavy atom. The fraction of sp³-hybridized carbons (Fsp3) is 0.188. The summed E-state index contributed by atoms with van der Waals surface area (Å²) in [5.41, 5.74) is 11.6. The molecule has 0 saturated carbocycles. The lowest BCUT2D eigenvalue weighted by Crippen LogP contribution is -2.12. The van der Waals surface area contributed by atoms with Gasteiger partial charge < -0.3 is 5.73 Å². The summed E-state index contributed by atoms with van der Waals surface area (Å²) in [7, 11) is 0. The molecule has 2 nitrogen and oxygen atoms in total. The van der Waals surface area contributed by atoms with Gasteiger partial charge >= 0.3 is 0 Å². The number of amidine groups is 1. The summed E-state index contributed by atoms with van der Waals surface area (Å²) in [5, 5.41) is 0. The minimum atomic E-state index is 0.559. The van der Waals surface area contributed by atoms with Gasteiger partial charge in [-0.15, -0.1) is 0 Å². The molecule has 0 radical (unpaired) electrons. The Morgan fingerprint density at radius 1 is 0.944 bits per heavy atom. The molecule has 2 heteroatoms. The second kappa shape index (κ2) is 5.05. The van der Waals surface area contributed by atoms with E-state index in [9.17, 15) is 0 Å². The molecular formula is C16H18N2. The van der Waals surface area contributed by atoms with E-state index in [0.29, 0.717) is 5.84 Å². The molecule has 2 rings (SSSR count). The molecule has 2 aromatic rings. The van der Waals surface area contributed by atoms with E-state index in [4.69, 9.17) is 5.73 Å². The number of aliphatic imine (C=N–C) groups is 1. The molecule has 0 heterocycles. The molecule has 0 fully saturated rings. The van der Waals surface area contributed by atoms with E-state index in [1.165, 1.54) is 16.7 Å². The largest absolute Gasteiger partial charge is 0.383 e. The maximum absolute atomic E-state index is 6.05. The van der Waals surface area contributed by atoms with Gasteiger partial charge in [0.05, 0.1) is 5.69 Å². The number of nitrogens with zero attached hydrogens (tertiary/aromatic N) is 1. The number of benzene rings is 2. The Hall–Kier alpha value is -2.09. The van der Waals surface area contributed by atoms with E-state index in [1.807, 2.05) is 36.4 Å². The summed E-state index contributed by atoms with van der Waals surface area (Å²) in [6.07, 6.45) is 0. The topological polar surface area (TPSA) is 38.4 Å². The third kappa shape index (κ3) is 2.59. The van der Waals surface area contributed by atoms with Crippen LogP contribution in [-0.2, 0) is 0 Å². The van der Waals surface area contributed by atoms with Crippen LogP contribution in [0, 0.1) is 20.8 Å². The Labute approximate surface area is 108 Å². The van der Waals surface area contributed by atoms with Gasteiger partial charge in [0.15, 0.2) is 0 Å². The average molecular weight is 238 g/mol. The molecule has 0 unspecified atom stereocenters. The van der Waals surface area contributed by atoms with E-state index >= 15 is 0 Å². The minimum absolute atomic E-state index is 0.559. The Morgan fingerprint density at radius 3 is 2.28 bits per heavy atom. The van der Waals surface area contributed by atoms with E-state index in [2.05, 4.69) is 31.8 Å². The van der Waals surface area contributed by atoms with E-state index in [1.54, 1.807) is 0 Å². The first kappa shape index (κ1) is 12.4. The van der Waals surface area contributed by atoms with Crippen molar-refractivity contribution >= 4 is 11.5 Å². The van der Waals surface area contributed by atoms with Crippen molar-refractivity contribution in [2.75, 3.05) is 0 Å². The van der Waals surface area contributed by atoms with Crippen LogP contribution < -0.4 is 5.73 Å². The van der Waals surface area contributed by atoms with Crippen LogP contribution in [0.2, 0.25) is 0 Å². The molecule has 92 valence electrons. The van der Waals surface area contributed by atoms with Crippen molar-refractivity contribution in [1.29, 1.82) is 0 Å². The Balaban J connectivity index is 2.38. The summed E-state index contributed by atoms with van der Waals surface area (Å²) in [4.78, 5) is 4.51. The van der Waals surface area contributed by atoms with Gasteiger partial charge in [-0.2, -0.15) is 0 Å².